The molecule has 0 amide bonds. The van der Waals surface area contributed by atoms with Crippen LogP contribution in [0.5, 0.6) is 11.5 Å². The number of rotatable bonds is 2. The third-order valence-electron chi connectivity index (χ3n) is 1.52. The Morgan fingerprint density at radius 1 is 1.00 bits per heavy atom. The summed E-state index contributed by atoms with van der Waals surface area (Å²) in [7, 11) is 2.92. The lowest BCUT2D eigenvalue weighted by atomic mass is 10.2. The van der Waals surface area contributed by atoms with Crippen molar-refractivity contribution in [1.82, 2.24) is 0 Å². The number of phenols is 2. The summed E-state index contributed by atoms with van der Waals surface area (Å²) in [4.78, 5) is 0. The van der Waals surface area contributed by atoms with Crippen LogP contribution in [0.15, 0.2) is 32.6 Å². The van der Waals surface area contributed by atoms with E-state index in [1.54, 1.807) is 0 Å². The van der Waals surface area contributed by atoms with Crippen LogP contribution in [0, 0.1) is 0 Å². The van der Waals surface area contributed by atoms with E-state index < -0.39 is 0 Å². The predicted molar refractivity (Wildman–Crippen MR) is 50.7 cm³/mol. The molecule has 6 nitrogen and oxygen atoms in total. The third-order valence-corrected chi connectivity index (χ3v) is 1.52. The molecule has 0 unspecified atom stereocenters. The Labute approximate surface area is 80.6 Å². The van der Waals surface area contributed by atoms with Crippen molar-refractivity contribution in [2.45, 2.75) is 0 Å². The minimum Gasteiger partial charge on any atom is -0.505 e. The molecule has 14 heavy (non-hydrogen) atoms. The van der Waals surface area contributed by atoms with E-state index in [0.717, 1.165) is 0 Å². The van der Waals surface area contributed by atoms with Crippen molar-refractivity contribution >= 4 is 11.4 Å². The van der Waals surface area contributed by atoms with Gasteiger partial charge in [-0.05, 0) is 12.1 Å². The second-order valence-corrected chi connectivity index (χ2v) is 2.40. The first-order chi connectivity index (χ1) is 6.70. The summed E-state index contributed by atoms with van der Waals surface area (Å²) in [6, 6.07) is 2.81. The summed E-state index contributed by atoms with van der Waals surface area (Å²) in [5.41, 5.74) is 0.241. The molecule has 0 heterocycles. The van der Waals surface area contributed by atoms with Crippen LogP contribution in [0.2, 0.25) is 0 Å². The molecule has 0 atom stereocenters. The van der Waals surface area contributed by atoms with Crippen molar-refractivity contribution in [2.75, 3.05) is 14.1 Å². The van der Waals surface area contributed by atoms with Crippen molar-refractivity contribution in [3.63, 3.8) is 0 Å². The van der Waals surface area contributed by atoms with Gasteiger partial charge in [-0.1, -0.05) is 0 Å². The highest BCUT2D eigenvalue weighted by Gasteiger charge is 2.11. The van der Waals surface area contributed by atoms with E-state index in [1.807, 2.05) is 0 Å². The molecule has 0 saturated carbocycles. The van der Waals surface area contributed by atoms with Gasteiger partial charge < -0.3 is 10.2 Å². The molecule has 0 saturated heterocycles. The largest absolute Gasteiger partial charge is 0.505 e. The fourth-order valence-corrected chi connectivity index (χ4v) is 0.945. The Kier molecular flexibility index (Phi) is 3.11. The zero-order valence-electron chi connectivity index (χ0n) is 7.84. The minimum atomic E-state index is -0.235. The molecular weight excluding hydrogens is 184 g/mol. The van der Waals surface area contributed by atoms with Crippen molar-refractivity contribution in [3.8, 4) is 11.5 Å². The number of nitrogens with zero attached hydrogens (tertiary/aromatic N) is 4. The van der Waals surface area contributed by atoms with Crippen LogP contribution in [0.4, 0.5) is 11.4 Å². The lowest BCUT2D eigenvalue weighted by molar-refractivity contribution is 0.453. The van der Waals surface area contributed by atoms with Gasteiger partial charge in [0.2, 0.25) is 0 Å². The SMILES string of the molecule is C/N=N/c1ccc(O)c(/N=N/C)c1O. The summed E-state index contributed by atoms with van der Waals surface area (Å²) < 4.78 is 0. The predicted octanol–water partition coefficient (Wildman–Crippen LogP) is 2.52. The van der Waals surface area contributed by atoms with E-state index in [1.165, 1.54) is 26.2 Å². The Bertz CT molecular complexity index is 387. The van der Waals surface area contributed by atoms with Crippen LogP contribution in [0.3, 0.4) is 0 Å². The first-order valence-electron chi connectivity index (χ1n) is 3.85. The van der Waals surface area contributed by atoms with Crippen LogP contribution in [0.25, 0.3) is 0 Å². The molecule has 0 fully saturated rings. The van der Waals surface area contributed by atoms with E-state index in [-0.39, 0.29) is 22.9 Å². The molecule has 6 heteroatoms. The highest BCUT2D eigenvalue weighted by molar-refractivity contribution is 5.70. The van der Waals surface area contributed by atoms with Gasteiger partial charge in [0.15, 0.2) is 11.4 Å². The number of aromatic hydroxyl groups is 2. The van der Waals surface area contributed by atoms with E-state index in [2.05, 4.69) is 20.5 Å². The number of phenolic OH excluding ortho intramolecular Hbond substituents is 2. The van der Waals surface area contributed by atoms with Gasteiger partial charge in [-0.2, -0.15) is 15.3 Å². The van der Waals surface area contributed by atoms with Gasteiger partial charge in [0.1, 0.15) is 11.4 Å². The Morgan fingerprint density at radius 2 is 1.64 bits per heavy atom. The molecule has 1 aromatic carbocycles. The average molecular weight is 194 g/mol. The van der Waals surface area contributed by atoms with E-state index >= 15 is 0 Å². The van der Waals surface area contributed by atoms with Gasteiger partial charge in [-0.3, -0.25) is 0 Å². The summed E-state index contributed by atoms with van der Waals surface area (Å²) in [6.07, 6.45) is 0. The number of hydrogen-bond acceptors (Lipinski definition) is 6. The molecule has 74 valence electrons. The molecule has 0 aliphatic carbocycles. The van der Waals surface area contributed by atoms with Crippen molar-refractivity contribution in [1.29, 1.82) is 0 Å². The van der Waals surface area contributed by atoms with Gasteiger partial charge in [-0.15, -0.1) is 5.11 Å². The summed E-state index contributed by atoms with van der Waals surface area (Å²) in [5, 5.41) is 33.1. The normalized spacial score (nSPS) is 11.6. The number of azo groups is 2. The zero-order chi connectivity index (χ0) is 10.6. The monoisotopic (exact) mass is 194 g/mol. The second kappa shape index (κ2) is 4.31. The van der Waals surface area contributed by atoms with Crippen LogP contribution >= 0.6 is 0 Å². The lowest BCUT2D eigenvalue weighted by Crippen LogP contribution is -1.72. The van der Waals surface area contributed by atoms with E-state index in [9.17, 15) is 10.2 Å². The quantitative estimate of drug-likeness (QED) is 0.708. The Morgan fingerprint density at radius 3 is 2.21 bits per heavy atom. The fraction of sp³-hybridized carbons (Fsp3) is 0.250. The highest BCUT2D eigenvalue weighted by Crippen LogP contribution is 2.42. The van der Waals surface area contributed by atoms with E-state index in [0.29, 0.717) is 0 Å². The molecule has 0 bridgehead atoms. The minimum absolute atomic E-state index is 0.00241. The van der Waals surface area contributed by atoms with Crippen molar-refractivity contribution in [3.05, 3.63) is 12.1 Å². The van der Waals surface area contributed by atoms with Crippen molar-refractivity contribution in [2.24, 2.45) is 20.5 Å². The van der Waals surface area contributed by atoms with Gasteiger partial charge in [0, 0.05) is 14.1 Å². The maximum absolute atomic E-state index is 9.56. The van der Waals surface area contributed by atoms with Gasteiger partial charge >= 0.3 is 0 Å². The molecule has 0 radical (unpaired) electrons. The van der Waals surface area contributed by atoms with Gasteiger partial charge in [0.05, 0.1) is 0 Å². The second-order valence-electron chi connectivity index (χ2n) is 2.40. The summed E-state index contributed by atoms with van der Waals surface area (Å²) in [5.74, 6) is -0.385. The molecule has 0 aliphatic heterocycles. The molecule has 0 aliphatic rings. The third kappa shape index (κ3) is 1.85. The molecular formula is C8H10N4O2. The Balaban J connectivity index is 3.33. The molecule has 2 N–H and O–H groups in total. The van der Waals surface area contributed by atoms with Crippen LogP contribution in [-0.4, -0.2) is 24.3 Å². The first-order valence-corrected chi connectivity index (χ1v) is 3.85. The van der Waals surface area contributed by atoms with Crippen molar-refractivity contribution < 1.29 is 10.2 Å². The maximum Gasteiger partial charge on any atom is 0.174 e. The average Bonchev–Trinajstić information content (AvgIpc) is 2.17. The first kappa shape index (κ1) is 10.1. The molecule has 1 rings (SSSR count). The maximum atomic E-state index is 9.56. The molecule has 0 spiro atoms. The van der Waals surface area contributed by atoms with E-state index in [4.69, 9.17) is 0 Å². The van der Waals surface area contributed by atoms with Crippen LogP contribution < -0.4 is 0 Å². The lowest BCUT2D eigenvalue weighted by Gasteiger charge is -2.02. The standard InChI is InChI=1S/C8H10N4O2/c1-9-11-5-3-4-6(13)7(8(5)14)12-10-2/h3-4,13-14H,1-2H3/b11-9+,12-10+. The Hall–Kier alpha value is -1.98. The highest BCUT2D eigenvalue weighted by atomic mass is 16.3. The topological polar surface area (TPSA) is 89.9 Å². The van der Waals surface area contributed by atoms with Gasteiger partial charge in [-0.25, -0.2) is 0 Å². The zero-order valence-corrected chi connectivity index (χ0v) is 7.84. The summed E-state index contributed by atoms with van der Waals surface area (Å²) >= 11 is 0. The smallest absolute Gasteiger partial charge is 0.174 e. The van der Waals surface area contributed by atoms with Gasteiger partial charge in [0.25, 0.3) is 0 Å². The van der Waals surface area contributed by atoms with Crippen LogP contribution in [-0.2, 0) is 0 Å². The number of hydrogen-bond donors (Lipinski definition) is 2. The number of benzene rings is 1. The fourth-order valence-electron chi connectivity index (χ4n) is 0.945. The summed E-state index contributed by atoms with van der Waals surface area (Å²) in [6.45, 7) is 0. The molecule has 1 aromatic rings. The van der Waals surface area contributed by atoms with Crippen LogP contribution in [0.1, 0.15) is 0 Å². The molecule has 0 aromatic heterocycles.